The number of likely N-dealkylation sites (tertiary alicyclic amines) is 1. The zero-order valence-electron chi connectivity index (χ0n) is 19.7. The molecule has 2 aromatic carbocycles. The summed E-state index contributed by atoms with van der Waals surface area (Å²) in [4.78, 5) is 33.9. The summed E-state index contributed by atoms with van der Waals surface area (Å²) in [5.74, 6) is 1.53. The van der Waals surface area contributed by atoms with Crippen molar-refractivity contribution in [1.29, 1.82) is 0 Å². The minimum Gasteiger partial charge on any atom is -0.342 e. The molecule has 0 radical (unpaired) electrons. The number of rotatable bonds is 5. The Hall–Kier alpha value is -3.48. The maximum absolute atomic E-state index is 13.1. The highest BCUT2D eigenvalue weighted by Crippen LogP contribution is 2.29. The lowest BCUT2D eigenvalue weighted by atomic mass is 9.92. The summed E-state index contributed by atoms with van der Waals surface area (Å²) in [6.45, 7) is 5.94. The second-order valence-electron chi connectivity index (χ2n) is 9.59. The van der Waals surface area contributed by atoms with Crippen LogP contribution in [0.2, 0.25) is 0 Å². The number of piperidine rings is 1. The van der Waals surface area contributed by atoms with Gasteiger partial charge < -0.3 is 14.3 Å². The van der Waals surface area contributed by atoms with Crippen LogP contribution in [0.15, 0.2) is 53.1 Å². The fraction of sp³-hybridized carbons (Fsp3) is 0.407. The van der Waals surface area contributed by atoms with E-state index in [1.807, 2.05) is 67.3 Å². The highest BCUT2D eigenvalue weighted by atomic mass is 16.5. The van der Waals surface area contributed by atoms with Crippen molar-refractivity contribution in [2.24, 2.45) is 11.8 Å². The van der Waals surface area contributed by atoms with Gasteiger partial charge in [-0.1, -0.05) is 52.7 Å². The van der Waals surface area contributed by atoms with E-state index in [1.165, 1.54) is 5.56 Å². The molecular formula is C27H30N4O3. The van der Waals surface area contributed by atoms with Crippen molar-refractivity contribution in [3.05, 3.63) is 65.5 Å². The number of hydrogen-bond donors (Lipinski definition) is 0. The van der Waals surface area contributed by atoms with Crippen LogP contribution in [0.25, 0.3) is 11.4 Å². The van der Waals surface area contributed by atoms with Crippen molar-refractivity contribution < 1.29 is 14.1 Å². The lowest BCUT2D eigenvalue weighted by Crippen LogP contribution is -2.42. The molecule has 0 spiro atoms. The van der Waals surface area contributed by atoms with Crippen molar-refractivity contribution >= 4 is 17.5 Å². The minimum absolute atomic E-state index is 0.0258. The molecule has 0 bridgehead atoms. The average Bonchev–Trinajstić information content (AvgIpc) is 3.47. The van der Waals surface area contributed by atoms with Gasteiger partial charge in [0.1, 0.15) is 0 Å². The molecule has 34 heavy (non-hydrogen) atoms. The van der Waals surface area contributed by atoms with Crippen LogP contribution >= 0.6 is 0 Å². The largest absolute Gasteiger partial charge is 0.342 e. The molecule has 1 aromatic heterocycles. The third-order valence-electron chi connectivity index (χ3n) is 6.99. The number of carbonyl (C=O) groups excluding carboxylic acids is 2. The Bertz CT molecular complexity index is 1160. The smallest absolute Gasteiger partial charge is 0.228 e. The van der Waals surface area contributed by atoms with Gasteiger partial charge in [-0.05, 0) is 44.7 Å². The average molecular weight is 459 g/mol. The maximum atomic E-state index is 13.1. The lowest BCUT2D eigenvalue weighted by molar-refractivity contribution is -0.137. The van der Waals surface area contributed by atoms with Crippen LogP contribution in [0, 0.1) is 25.7 Å². The van der Waals surface area contributed by atoms with Gasteiger partial charge in [0.25, 0.3) is 0 Å². The van der Waals surface area contributed by atoms with Gasteiger partial charge in [0.15, 0.2) is 0 Å². The van der Waals surface area contributed by atoms with E-state index in [-0.39, 0.29) is 24.2 Å². The van der Waals surface area contributed by atoms with Crippen LogP contribution in [0.4, 0.5) is 5.69 Å². The van der Waals surface area contributed by atoms with E-state index >= 15 is 0 Å². The number of nitrogens with zero attached hydrogens (tertiary/aromatic N) is 4. The first-order chi connectivity index (χ1) is 16.5. The van der Waals surface area contributed by atoms with Gasteiger partial charge in [-0.2, -0.15) is 4.98 Å². The summed E-state index contributed by atoms with van der Waals surface area (Å²) in [5.41, 5.74) is 4.16. The van der Waals surface area contributed by atoms with Gasteiger partial charge in [-0.25, -0.2) is 0 Å². The molecule has 0 N–H and O–H groups in total. The number of anilines is 1. The van der Waals surface area contributed by atoms with Crippen molar-refractivity contribution in [1.82, 2.24) is 15.0 Å². The van der Waals surface area contributed by atoms with Crippen LogP contribution in [0.1, 0.15) is 36.3 Å². The summed E-state index contributed by atoms with van der Waals surface area (Å²) in [6.07, 6.45) is 2.81. The maximum Gasteiger partial charge on any atom is 0.228 e. The fourth-order valence-corrected chi connectivity index (χ4v) is 4.87. The molecule has 0 aliphatic carbocycles. The predicted molar refractivity (Wildman–Crippen MR) is 129 cm³/mol. The summed E-state index contributed by atoms with van der Waals surface area (Å²) < 4.78 is 5.50. The molecule has 2 amide bonds. The summed E-state index contributed by atoms with van der Waals surface area (Å²) in [6, 6.07) is 16.0. The Labute approximate surface area is 199 Å². The first-order valence-electron chi connectivity index (χ1n) is 12.0. The van der Waals surface area contributed by atoms with E-state index in [2.05, 4.69) is 10.1 Å². The van der Waals surface area contributed by atoms with Gasteiger partial charge in [0.05, 0.1) is 5.92 Å². The fourth-order valence-electron chi connectivity index (χ4n) is 4.87. The zero-order valence-corrected chi connectivity index (χ0v) is 19.7. The van der Waals surface area contributed by atoms with Gasteiger partial charge in [0.2, 0.25) is 23.5 Å². The molecular weight excluding hydrogens is 428 g/mol. The third-order valence-corrected chi connectivity index (χ3v) is 6.99. The molecule has 2 aliphatic heterocycles. The van der Waals surface area contributed by atoms with Gasteiger partial charge >= 0.3 is 0 Å². The van der Waals surface area contributed by atoms with Gasteiger partial charge in [-0.15, -0.1) is 0 Å². The molecule has 3 heterocycles. The first kappa shape index (κ1) is 22.3. The molecule has 0 unspecified atom stereocenters. The van der Waals surface area contributed by atoms with Crippen LogP contribution < -0.4 is 4.90 Å². The first-order valence-corrected chi connectivity index (χ1v) is 12.0. The summed E-state index contributed by atoms with van der Waals surface area (Å²) in [7, 11) is 0. The predicted octanol–water partition coefficient (Wildman–Crippen LogP) is 4.19. The van der Waals surface area contributed by atoms with E-state index in [0.717, 1.165) is 36.1 Å². The normalized spacial score (nSPS) is 19.1. The summed E-state index contributed by atoms with van der Waals surface area (Å²) >= 11 is 0. The molecule has 176 valence electrons. The molecule has 7 nitrogen and oxygen atoms in total. The van der Waals surface area contributed by atoms with E-state index < -0.39 is 0 Å². The van der Waals surface area contributed by atoms with E-state index in [1.54, 1.807) is 4.90 Å². The zero-order chi connectivity index (χ0) is 23.7. The Kier molecular flexibility index (Phi) is 6.18. The third kappa shape index (κ3) is 4.74. The second kappa shape index (κ2) is 9.41. The minimum atomic E-state index is -0.265. The van der Waals surface area contributed by atoms with Crippen molar-refractivity contribution in [2.45, 2.75) is 39.5 Å². The quantitative estimate of drug-likeness (QED) is 0.573. The topological polar surface area (TPSA) is 79.5 Å². The number of hydrogen-bond acceptors (Lipinski definition) is 5. The second-order valence-corrected chi connectivity index (χ2v) is 9.59. The Balaban J connectivity index is 1.13. The molecule has 5 rings (SSSR count). The number of aromatic nitrogens is 2. The Morgan fingerprint density at radius 3 is 2.32 bits per heavy atom. The van der Waals surface area contributed by atoms with Gasteiger partial charge in [-0.3, -0.25) is 9.59 Å². The van der Waals surface area contributed by atoms with Crippen LogP contribution in [0.5, 0.6) is 0 Å². The Morgan fingerprint density at radius 1 is 1.00 bits per heavy atom. The van der Waals surface area contributed by atoms with Crippen LogP contribution in [-0.2, 0) is 16.0 Å². The standard InChI is InChI=1S/C27H30N4O3/c1-18-3-7-21(8-4-18)26-28-24(34-29-26)15-20-11-13-30(14-12-20)27(33)22-16-25(32)31(17-22)23-9-5-19(2)6-10-23/h3-10,20,22H,11-17H2,1-2H3/t22-/m1/s1. The number of benzene rings is 2. The van der Waals surface area contributed by atoms with E-state index in [0.29, 0.717) is 37.3 Å². The molecule has 7 heteroatoms. The Morgan fingerprint density at radius 2 is 1.65 bits per heavy atom. The molecule has 2 aliphatic rings. The lowest BCUT2D eigenvalue weighted by Gasteiger charge is -2.33. The SMILES string of the molecule is Cc1ccc(-c2noc(CC3CCN(C(=O)[C@@H]4CC(=O)N(c5ccc(C)cc5)C4)CC3)n2)cc1. The van der Waals surface area contributed by atoms with Crippen molar-refractivity contribution in [3.63, 3.8) is 0 Å². The van der Waals surface area contributed by atoms with E-state index in [4.69, 9.17) is 4.52 Å². The molecule has 2 saturated heterocycles. The van der Waals surface area contributed by atoms with Crippen molar-refractivity contribution in [3.8, 4) is 11.4 Å². The van der Waals surface area contributed by atoms with E-state index in [9.17, 15) is 9.59 Å². The van der Waals surface area contributed by atoms with Crippen LogP contribution in [-0.4, -0.2) is 46.5 Å². The molecule has 1 atom stereocenters. The van der Waals surface area contributed by atoms with Gasteiger partial charge in [0, 0.05) is 43.7 Å². The monoisotopic (exact) mass is 458 g/mol. The highest BCUT2D eigenvalue weighted by molar-refractivity contribution is 6.00. The number of amides is 2. The number of carbonyl (C=O) groups is 2. The highest BCUT2D eigenvalue weighted by Gasteiger charge is 2.38. The van der Waals surface area contributed by atoms with Crippen molar-refractivity contribution in [2.75, 3.05) is 24.5 Å². The molecule has 0 saturated carbocycles. The number of aryl methyl sites for hydroxylation is 2. The molecule has 3 aromatic rings. The molecule has 2 fully saturated rings. The van der Waals surface area contributed by atoms with Crippen LogP contribution in [0.3, 0.4) is 0 Å². The summed E-state index contributed by atoms with van der Waals surface area (Å²) in [5, 5.41) is 4.13.